The molecule has 0 radical (unpaired) electrons. The minimum absolute atomic E-state index is 0. The summed E-state index contributed by atoms with van der Waals surface area (Å²) in [5, 5.41) is 0. The first-order valence-electron chi connectivity index (χ1n) is 2.02. The van der Waals surface area contributed by atoms with Crippen LogP contribution in [0.15, 0.2) is 28.7 Å². The van der Waals surface area contributed by atoms with Gasteiger partial charge in [-0.05, 0) is 0 Å². The van der Waals surface area contributed by atoms with Crippen molar-refractivity contribution < 1.29 is 17.0 Å². The SMILES string of the molecule is Brc1[c-]cccc1.[Br-].[Mg+2]. The third-order valence-corrected chi connectivity index (χ3v) is 1.16. The zero-order chi connectivity index (χ0) is 5.11. The second kappa shape index (κ2) is 7.06. The van der Waals surface area contributed by atoms with E-state index in [1.165, 1.54) is 0 Å². The van der Waals surface area contributed by atoms with Crippen molar-refractivity contribution in [3.8, 4) is 0 Å². The Hall–Kier alpha value is 0.946. The summed E-state index contributed by atoms with van der Waals surface area (Å²) in [5.74, 6) is 0. The topological polar surface area (TPSA) is 0 Å². The summed E-state index contributed by atoms with van der Waals surface area (Å²) in [4.78, 5) is 0. The van der Waals surface area contributed by atoms with Gasteiger partial charge in [-0.15, -0.1) is 0 Å². The number of benzene rings is 1. The smallest absolute Gasteiger partial charge is 1.00 e. The van der Waals surface area contributed by atoms with Gasteiger partial charge in [0.15, 0.2) is 0 Å². The van der Waals surface area contributed by atoms with Crippen LogP contribution < -0.4 is 17.0 Å². The minimum atomic E-state index is 0. The van der Waals surface area contributed by atoms with Crippen LogP contribution in [-0.4, -0.2) is 23.1 Å². The Labute approximate surface area is 90.1 Å². The molecule has 9 heavy (non-hydrogen) atoms. The van der Waals surface area contributed by atoms with E-state index in [4.69, 9.17) is 0 Å². The summed E-state index contributed by atoms with van der Waals surface area (Å²) in [6, 6.07) is 10.7. The molecule has 0 amide bonds. The van der Waals surface area contributed by atoms with Crippen molar-refractivity contribution in [2.45, 2.75) is 0 Å². The molecule has 0 aromatic heterocycles. The molecule has 1 aromatic rings. The molecular formula is C6H4Br2Mg. The average Bonchev–Trinajstić information content (AvgIpc) is 1.69. The molecule has 0 atom stereocenters. The summed E-state index contributed by atoms with van der Waals surface area (Å²) in [6.07, 6.45) is 0. The second-order valence-electron chi connectivity index (χ2n) is 1.21. The van der Waals surface area contributed by atoms with Crippen LogP contribution >= 0.6 is 15.9 Å². The van der Waals surface area contributed by atoms with E-state index in [0.717, 1.165) is 4.47 Å². The van der Waals surface area contributed by atoms with Crippen LogP contribution in [0.25, 0.3) is 0 Å². The summed E-state index contributed by atoms with van der Waals surface area (Å²) in [6.45, 7) is 0. The van der Waals surface area contributed by atoms with E-state index in [1.807, 2.05) is 24.3 Å². The van der Waals surface area contributed by atoms with Gasteiger partial charge in [-0.25, -0.2) is 0 Å². The molecule has 0 heterocycles. The first-order valence-corrected chi connectivity index (χ1v) is 2.81. The third kappa shape index (κ3) is 5.39. The largest absolute Gasteiger partial charge is 2.00 e. The minimum Gasteiger partial charge on any atom is -1.00 e. The van der Waals surface area contributed by atoms with E-state index >= 15 is 0 Å². The van der Waals surface area contributed by atoms with Crippen LogP contribution in [0.2, 0.25) is 0 Å². The first kappa shape index (κ1) is 12.6. The molecule has 0 fully saturated rings. The zero-order valence-electron chi connectivity index (χ0n) is 4.77. The molecule has 3 heteroatoms. The molecule has 44 valence electrons. The van der Waals surface area contributed by atoms with Crippen molar-refractivity contribution >= 4 is 39.0 Å². The maximum absolute atomic E-state index is 3.26. The Morgan fingerprint density at radius 1 is 1.33 bits per heavy atom. The van der Waals surface area contributed by atoms with Gasteiger partial charge in [0.25, 0.3) is 0 Å². The fourth-order valence-corrected chi connectivity index (χ4v) is 0.656. The summed E-state index contributed by atoms with van der Waals surface area (Å²) in [5.41, 5.74) is 0. The first-order chi connectivity index (χ1) is 3.39. The Morgan fingerprint density at radius 2 is 2.00 bits per heavy atom. The van der Waals surface area contributed by atoms with Crippen molar-refractivity contribution in [3.05, 3.63) is 34.8 Å². The molecule has 0 aliphatic heterocycles. The predicted molar refractivity (Wildman–Crippen MR) is 38.7 cm³/mol. The summed E-state index contributed by atoms with van der Waals surface area (Å²) < 4.78 is 1.01. The van der Waals surface area contributed by atoms with E-state index in [2.05, 4.69) is 22.0 Å². The van der Waals surface area contributed by atoms with Gasteiger partial charge in [-0.2, -0.15) is 30.3 Å². The molecule has 1 rings (SSSR count). The zero-order valence-corrected chi connectivity index (χ0v) is 9.36. The van der Waals surface area contributed by atoms with Crippen LogP contribution in [0.3, 0.4) is 0 Å². The number of hydrogen-bond donors (Lipinski definition) is 0. The maximum Gasteiger partial charge on any atom is 2.00 e. The van der Waals surface area contributed by atoms with Gasteiger partial charge in [0.05, 0.1) is 0 Å². The van der Waals surface area contributed by atoms with Crippen molar-refractivity contribution in [2.24, 2.45) is 0 Å². The molecule has 0 saturated carbocycles. The molecule has 0 aliphatic carbocycles. The molecule has 0 aliphatic rings. The van der Waals surface area contributed by atoms with E-state index < -0.39 is 0 Å². The second-order valence-corrected chi connectivity index (χ2v) is 2.06. The van der Waals surface area contributed by atoms with E-state index in [9.17, 15) is 0 Å². The average molecular weight is 260 g/mol. The monoisotopic (exact) mass is 258 g/mol. The predicted octanol–water partition coefficient (Wildman–Crippen LogP) is -1.13. The van der Waals surface area contributed by atoms with Crippen LogP contribution in [0.4, 0.5) is 0 Å². The van der Waals surface area contributed by atoms with Gasteiger partial charge < -0.3 is 17.0 Å². The molecule has 0 bridgehead atoms. The van der Waals surface area contributed by atoms with Crippen LogP contribution in [0, 0.1) is 6.07 Å². The van der Waals surface area contributed by atoms with Gasteiger partial charge >= 0.3 is 23.1 Å². The quantitative estimate of drug-likeness (QED) is 0.409. The summed E-state index contributed by atoms with van der Waals surface area (Å²) >= 11 is 3.26. The normalized spacial score (nSPS) is 6.78. The van der Waals surface area contributed by atoms with Gasteiger partial charge in [0, 0.05) is 0 Å². The number of halogens is 2. The molecule has 0 spiro atoms. The molecule has 0 unspecified atom stereocenters. The van der Waals surface area contributed by atoms with Crippen molar-refractivity contribution in [2.75, 3.05) is 0 Å². The molecule has 0 saturated heterocycles. The Balaban J connectivity index is 0. The van der Waals surface area contributed by atoms with Gasteiger partial charge in [0.1, 0.15) is 0 Å². The van der Waals surface area contributed by atoms with E-state index in [1.54, 1.807) is 0 Å². The maximum atomic E-state index is 3.26. The van der Waals surface area contributed by atoms with Crippen LogP contribution in [0.5, 0.6) is 0 Å². The fourth-order valence-electron chi connectivity index (χ4n) is 0.371. The van der Waals surface area contributed by atoms with Crippen LogP contribution in [0.1, 0.15) is 0 Å². The van der Waals surface area contributed by atoms with Gasteiger partial charge in [0.2, 0.25) is 0 Å². The Bertz CT molecular complexity index is 141. The van der Waals surface area contributed by atoms with Crippen LogP contribution in [-0.2, 0) is 0 Å². The fraction of sp³-hybridized carbons (Fsp3) is 0. The van der Waals surface area contributed by atoms with Crippen molar-refractivity contribution in [3.63, 3.8) is 0 Å². The van der Waals surface area contributed by atoms with Gasteiger partial charge in [-0.3, -0.25) is 0 Å². The molecule has 1 aromatic carbocycles. The standard InChI is InChI=1S/C6H4Br.BrH.Mg/c7-6-4-2-1-3-5-6;;/h1-4H;1H;/q-1;;+2/p-1. The summed E-state index contributed by atoms with van der Waals surface area (Å²) in [7, 11) is 0. The van der Waals surface area contributed by atoms with E-state index in [0.29, 0.717) is 0 Å². The molecule has 0 nitrogen and oxygen atoms in total. The Morgan fingerprint density at radius 3 is 2.22 bits per heavy atom. The number of hydrogen-bond acceptors (Lipinski definition) is 0. The van der Waals surface area contributed by atoms with Crippen molar-refractivity contribution in [1.29, 1.82) is 0 Å². The third-order valence-electron chi connectivity index (χ3n) is 0.671. The molecule has 0 N–H and O–H groups in total. The van der Waals surface area contributed by atoms with Gasteiger partial charge in [-0.1, -0.05) is 20.4 Å². The molecular weight excluding hydrogens is 256 g/mol. The number of rotatable bonds is 0. The van der Waals surface area contributed by atoms with E-state index in [-0.39, 0.29) is 40.0 Å². The van der Waals surface area contributed by atoms with Crippen molar-refractivity contribution in [1.82, 2.24) is 0 Å². The Kier molecular flexibility index (Phi) is 9.89.